The van der Waals surface area contributed by atoms with Crippen LogP contribution in [0.3, 0.4) is 0 Å². The average molecular weight is 730 g/mol. The van der Waals surface area contributed by atoms with Crippen LogP contribution in [0.25, 0.3) is 0 Å². The van der Waals surface area contributed by atoms with Crippen LogP contribution in [0.15, 0.2) is 0 Å². The summed E-state index contributed by atoms with van der Waals surface area (Å²) in [7, 11) is 3.38. The molecule has 0 aliphatic heterocycles. The van der Waals surface area contributed by atoms with Gasteiger partial charge in [0.1, 0.15) is 6.04 Å². The van der Waals surface area contributed by atoms with Crippen LogP contribution in [0.2, 0.25) is 0 Å². The van der Waals surface area contributed by atoms with Crippen molar-refractivity contribution in [3.63, 3.8) is 0 Å². The molecule has 0 spiro atoms. The molecular weight excluding hydrogens is 651 g/mol. The fourth-order valence-electron chi connectivity index (χ4n) is 6.06. The van der Waals surface area contributed by atoms with E-state index in [1.54, 1.807) is 21.6 Å². The summed E-state index contributed by atoms with van der Waals surface area (Å²) in [5.41, 5.74) is 5.93. The molecule has 5 N–H and O–H groups in total. The zero-order chi connectivity index (χ0) is 36.0. The lowest BCUT2D eigenvalue weighted by molar-refractivity contribution is -0.137. The molecule has 2 atom stereocenters. The third-order valence-corrected chi connectivity index (χ3v) is 11.9. The molecule has 0 aliphatic rings. The lowest BCUT2D eigenvalue weighted by atomic mass is 10.0. The van der Waals surface area contributed by atoms with Gasteiger partial charge in [-0.05, 0) is 19.3 Å². The van der Waals surface area contributed by atoms with Crippen molar-refractivity contribution in [1.82, 2.24) is 10.6 Å². The van der Waals surface area contributed by atoms with Crippen LogP contribution in [0.1, 0.15) is 206 Å². The lowest BCUT2D eigenvalue weighted by Crippen LogP contribution is -2.52. The molecule has 2 amide bonds. The summed E-state index contributed by atoms with van der Waals surface area (Å²) in [5.74, 6) is -0.136. The minimum absolute atomic E-state index is 0.0512. The molecule has 0 bridgehead atoms. The van der Waals surface area contributed by atoms with E-state index in [9.17, 15) is 14.4 Å². The molecule has 9 heteroatoms. The van der Waals surface area contributed by atoms with Crippen molar-refractivity contribution in [3.8, 4) is 0 Å². The third kappa shape index (κ3) is 35.3. The monoisotopic (exact) mass is 730 g/mol. The van der Waals surface area contributed by atoms with E-state index in [0.717, 1.165) is 25.0 Å². The van der Waals surface area contributed by atoms with Crippen molar-refractivity contribution in [1.29, 1.82) is 0 Å². The second-order valence-corrected chi connectivity index (χ2v) is 16.8. The number of amides is 2. The minimum atomic E-state index is -0.985. The second-order valence-electron chi connectivity index (χ2n) is 14.2. The first-order valence-electron chi connectivity index (χ1n) is 20.7. The van der Waals surface area contributed by atoms with E-state index in [0.29, 0.717) is 12.3 Å². The van der Waals surface area contributed by atoms with E-state index in [2.05, 4.69) is 24.5 Å². The van der Waals surface area contributed by atoms with E-state index in [-0.39, 0.29) is 18.7 Å². The first-order chi connectivity index (χ1) is 23.9. The SMILES string of the molecule is CCCCCCCCCCCCCCCCNC(=O)[C@H](CSSCCCCCCCCCCCCCCCC)NC(=O)[C@@H](N)CCC(=O)O. The van der Waals surface area contributed by atoms with Gasteiger partial charge in [-0.1, -0.05) is 202 Å². The minimum Gasteiger partial charge on any atom is -0.481 e. The first-order valence-corrected chi connectivity index (χ1v) is 23.2. The Balaban J connectivity index is 4.10. The molecule has 0 rings (SSSR count). The van der Waals surface area contributed by atoms with E-state index < -0.39 is 24.0 Å². The maximum absolute atomic E-state index is 13.0. The Morgan fingerprint density at radius 2 is 0.939 bits per heavy atom. The number of carboxylic acid groups (broad SMARTS) is 1. The standard InChI is InChI=1S/C40H79N3O4S2/c1-3-5-7-9-11-13-15-17-19-21-23-25-27-29-33-42-40(47)37(43-39(46)36(41)31-32-38(44)45)35-49-48-34-30-28-26-24-22-20-18-16-14-12-10-8-6-4-2/h36-37H,3-35,41H2,1-2H3,(H,42,47)(H,43,46)(H,44,45)/t36-,37-/m0/s1. The van der Waals surface area contributed by atoms with Crippen LogP contribution in [-0.4, -0.2) is 53.0 Å². The highest BCUT2D eigenvalue weighted by Crippen LogP contribution is 2.24. The zero-order valence-electron chi connectivity index (χ0n) is 32.1. The van der Waals surface area contributed by atoms with Gasteiger partial charge in [0.2, 0.25) is 11.8 Å². The maximum atomic E-state index is 13.0. The molecule has 0 radical (unpaired) electrons. The van der Waals surface area contributed by atoms with E-state index in [1.165, 1.54) is 161 Å². The largest absolute Gasteiger partial charge is 0.481 e. The summed E-state index contributed by atoms with van der Waals surface area (Å²) >= 11 is 0. The molecule has 0 aromatic carbocycles. The fraction of sp³-hybridized carbons (Fsp3) is 0.925. The highest BCUT2D eigenvalue weighted by atomic mass is 33.1. The maximum Gasteiger partial charge on any atom is 0.303 e. The number of carbonyl (C=O) groups excluding carboxylic acids is 2. The van der Waals surface area contributed by atoms with E-state index in [4.69, 9.17) is 10.8 Å². The zero-order valence-corrected chi connectivity index (χ0v) is 33.7. The Labute approximate surface area is 310 Å². The highest BCUT2D eigenvalue weighted by molar-refractivity contribution is 8.76. The molecule has 290 valence electrons. The van der Waals surface area contributed by atoms with Gasteiger partial charge in [0.05, 0.1) is 6.04 Å². The number of hydrogen-bond acceptors (Lipinski definition) is 6. The van der Waals surface area contributed by atoms with Gasteiger partial charge in [-0.25, -0.2) is 0 Å². The highest BCUT2D eigenvalue weighted by Gasteiger charge is 2.24. The Kier molecular flexibility index (Phi) is 37.6. The van der Waals surface area contributed by atoms with Crippen molar-refractivity contribution < 1.29 is 19.5 Å². The Morgan fingerprint density at radius 1 is 0.551 bits per heavy atom. The predicted molar refractivity (Wildman–Crippen MR) is 215 cm³/mol. The summed E-state index contributed by atoms with van der Waals surface area (Å²) in [6, 6.07) is -1.62. The molecule has 0 unspecified atom stereocenters. The quantitative estimate of drug-likeness (QED) is 0.0367. The number of rotatable bonds is 39. The number of nitrogens with one attached hydrogen (secondary N) is 2. The van der Waals surface area contributed by atoms with E-state index >= 15 is 0 Å². The molecule has 49 heavy (non-hydrogen) atoms. The van der Waals surface area contributed by atoms with Crippen molar-refractivity contribution in [3.05, 3.63) is 0 Å². The van der Waals surface area contributed by atoms with Crippen molar-refractivity contribution in [2.45, 2.75) is 219 Å². The van der Waals surface area contributed by atoms with Gasteiger partial charge in [0.15, 0.2) is 0 Å². The van der Waals surface area contributed by atoms with Gasteiger partial charge in [-0.15, -0.1) is 0 Å². The van der Waals surface area contributed by atoms with Crippen LogP contribution in [0.5, 0.6) is 0 Å². The van der Waals surface area contributed by atoms with Crippen LogP contribution >= 0.6 is 21.6 Å². The number of carbonyl (C=O) groups is 3. The number of unbranched alkanes of at least 4 members (excludes halogenated alkanes) is 26. The van der Waals surface area contributed by atoms with Gasteiger partial charge in [0.25, 0.3) is 0 Å². The van der Waals surface area contributed by atoms with Crippen LogP contribution in [0, 0.1) is 0 Å². The van der Waals surface area contributed by atoms with E-state index in [1.807, 2.05) is 0 Å². The number of aliphatic carboxylic acids is 1. The summed E-state index contributed by atoms with van der Waals surface area (Å²) < 4.78 is 0. The van der Waals surface area contributed by atoms with Gasteiger partial charge < -0.3 is 21.5 Å². The molecule has 0 heterocycles. The van der Waals surface area contributed by atoms with Crippen molar-refractivity contribution >= 4 is 39.4 Å². The summed E-state index contributed by atoms with van der Waals surface area (Å²) in [6.45, 7) is 5.14. The van der Waals surface area contributed by atoms with Crippen LogP contribution in [0.4, 0.5) is 0 Å². The molecule has 0 aliphatic carbocycles. The molecule has 0 saturated carbocycles. The van der Waals surface area contributed by atoms with Gasteiger partial charge in [-0.2, -0.15) is 0 Å². The lowest BCUT2D eigenvalue weighted by Gasteiger charge is -2.20. The average Bonchev–Trinajstić information content (AvgIpc) is 3.09. The fourth-order valence-corrected chi connectivity index (χ4v) is 8.37. The molecule has 0 aromatic heterocycles. The Morgan fingerprint density at radius 3 is 1.35 bits per heavy atom. The normalized spacial score (nSPS) is 12.6. The molecule has 0 aromatic rings. The number of carboxylic acids is 1. The number of nitrogens with two attached hydrogens (primary N) is 1. The van der Waals surface area contributed by atoms with Gasteiger partial charge >= 0.3 is 5.97 Å². The summed E-state index contributed by atoms with van der Waals surface area (Å²) in [6.07, 6.45) is 36.8. The Bertz CT molecular complexity index is 759. The molecule has 7 nitrogen and oxygen atoms in total. The smallest absolute Gasteiger partial charge is 0.303 e. The van der Waals surface area contributed by atoms with Crippen molar-refractivity contribution in [2.75, 3.05) is 18.1 Å². The molecule has 0 saturated heterocycles. The van der Waals surface area contributed by atoms with Gasteiger partial charge in [0, 0.05) is 24.5 Å². The molecule has 0 fully saturated rings. The summed E-state index contributed by atoms with van der Waals surface area (Å²) in [4.78, 5) is 36.6. The Hall–Kier alpha value is -0.930. The third-order valence-electron chi connectivity index (χ3n) is 9.37. The number of hydrogen-bond donors (Lipinski definition) is 4. The van der Waals surface area contributed by atoms with Crippen LogP contribution < -0.4 is 16.4 Å². The van der Waals surface area contributed by atoms with Crippen LogP contribution in [-0.2, 0) is 14.4 Å². The van der Waals surface area contributed by atoms with Crippen molar-refractivity contribution in [2.24, 2.45) is 5.73 Å². The molecular formula is C40H79N3O4S2. The first kappa shape index (κ1) is 48.1. The van der Waals surface area contributed by atoms with Gasteiger partial charge in [-0.3, -0.25) is 14.4 Å². The summed E-state index contributed by atoms with van der Waals surface area (Å²) in [5, 5.41) is 14.7. The predicted octanol–water partition coefficient (Wildman–Crippen LogP) is 11.1. The topological polar surface area (TPSA) is 122 Å². The second kappa shape index (κ2) is 38.3.